The summed E-state index contributed by atoms with van der Waals surface area (Å²) in [6.45, 7) is 1.74. The lowest BCUT2D eigenvalue weighted by Crippen LogP contribution is -2.20. The number of halogens is 3. The van der Waals surface area contributed by atoms with Crippen molar-refractivity contribution < 1.29 is 9.53 Å². The summed E-state index contributed by atoms with van der Waals surface area (Å²) in [7, 11) is 0. The number of anilines is 1. The molecule has 3 nitrogen and oxygen atoms in total. The van der Waals surface area contributed by atoms with Crippen molar-refractivity contribution in [3.63, 3.8) is 0 Å². The van der Waals surface area contributed by atoms with Gasteiger partial charge in [0, 0.05) is 5.02 Å². The fraction of sp³-hybridized carbons (Fsp3) is 0.133. The third-order valence-electron chi connectivity index (χ3n) is 2.65. The number of carbonyl (C=O) groups excluding carboxylic acids is 1. The van der Waals surface area contributed by atoms with E-state index in [2.05, 4.69) is 5.32 Å². The third kappa shape index (κ3) is 4.53. The van der Waals surface area contributed by atoms with Crippen molar-refractivity contribution in [2.75, 3.05) is 11.9 Å². The summed E-state index contributed by atoms with van der Waals surface area (Å²) in [4.78, 5) is 11.9. The van der Waals surface area contributed by atoms with Gasteiger partial charge in [-0.15, -0.1) is 0 Å². The van der Waals surface area contributed by atoms with E-state index in [1.54, 1.807) is 30.3 Å². The predicted octanol–water partition coefficient (Wildman–Crippen LogP) is 4.97. The largest absolute Gasteiger partial charge is 0.482 e. The number of hydrogen-bond acceptors (Lipinski definition) is 2. The van der Waals surface area contributed by atoms with Gasteiger partial charge in [0.15, 0.2) is 6.61 Å². The van der Waals surface area contributed by atoms with Gasteiger partial charge in [0.2, 0.25) is 0 Å². The Labute approximate surface area is 137 Å². The molecular formula is C15H12Cl3NO2. The van der Waals surface area contributed by atoms with E-state index in [0.29, 0.717) is 26.5 Å². The van der Waals surface area contributed by atoms with E-state index < -0.39 is 0 Å². The Hall–Kier alpha value is -1.42. The molecule has 1 amide bonds. The van der Waals surface area contributed by atoms with Gasteiger partial charge < -0.3 is 10.1 Å². The highest BCUT2D eigenvalue weighted by Gasteiger charge is 2.09. The maximum Gasteiger partial charge on any atom is 0.262 e. The number of amides is 1. The van der Waals surface area contributed by atoms with E-state index >= 15 is 0 Å². The number of rotatable bonds is 4. The molecule has 2 rings (SSSR count). The second-order valence-electron chi connectivity index (χ2n) is 4.39. The molecule has 6 heteroatoms. The van der Waals surface area contributed by atoms with Crippen molar-refractivity contribution in [1.82, 2.24) is 0 Å². The molecule has 0 aromatic heterocycles. The first-order valence-corrected chi connectivity index (χ1v) is 7.23. The van der Waals surface area contributed by atoms with Crippen LogP contribution >= 0.6 is 34.8 Å². The Bertz CT molecular complexity index is 674. The summed E-state index contributed by atoms with van der Waals surface area (Å²) >= 11 is 17.8. The second kappa shape index (κ2) is 7.03. The maximum atomic E-state index is 11.9. The van der Waals surface area contributed by atoms with E-state index in [0.717, 1.165) is 5.56 Å². The van der Waals surface area contributed by atoms with Crippen molar-refractivity contribution in [3.05, 3.63) is 57.0 Å². The van der Waals surface area contributed by atoms with E-state index in [1.165, 1.54) is 0 Å². The molecule has 0 aliphatic heterocycles. The van der Waals surface area contributed by atoms with E-state index in [9.17, 15) is 4.79 Å². The van der Waals surface area contributed by atoms with E-state index in [4.69, 9.17) is 39.5 Å². The lowest BCUT2D eigenvalue weighted by molar-refractivity contribution is -0.118. The normalized spacial score (nSPS) is 10.3. The monoisotopic (exact) mass is 343 g/mol. The van der Waals surface area contributed by atoms with Crippen molar-refractivity contribution in [2.45, 2.75) is 6.92 Å². The molecule has 0 saturated carbocycles. The molecular weight excluding hydrogens is 333 g/mol. The van der Waals surface area contributed by atoms with Crippen LogP contribution in [0.1, 0.15) is 5.56 Å². The van der Waals surface area contributed by atoms with Gasteiger partial charge in [0.05, 0.1) is 15.7 Å². The molecule has 0 fully saturated rings. The molecule has 0 atom stereocenters. The van der Waals surface area contributed by atoms with Crippen LogP contribution in [0.25, 0.3) is 0 Å². The van der Waals surface area contributed by atoms with Crippen LogP contribution in [0, 0.1) is 6.92 Å². The SMILES string of the molecule is Cc1ccc(Cl)c(OCC(=O)Nc2cc(Cl)ccc2Cl)c1. The standard InChI is InChI=1S/C15H12Cl3NO2/c1-9-2-4-12(18)14(6-9)21-8-15(20)19-13-7-10(16)3-5-11(13)17/h2-7H,8H2,1H3,(H,19,20). The highest BCUT2D eigenvalue weighted by molar-refractivity contribution is 6.35. The lowest BCUT2D eigenvalue weighted by atomic mass is 10.2. The zero-order chi connectivity index (χ0) is 15.4. The number of hydrogen-bond donors (Lipinski definition) is 1. The minimum Gasteiger partial charge on any atom is -0.482 e. The van der Waals surface area contributed by atoms with Gasteiger partial charge in [-0.1, -0.05) is 40.9 Å². The van der Waals surface area contributed by atoms with Crippen LogP contribution in [0.5, 0.6) is 5.75 Å². The van der Waals surface area contributed by atoms with E-state index in [-0.39, 0.29) is 12.5 Å². The van der Waals surface area contributed by atoms with Crippen LogP contribution in [-0.4, -0.2) is 12.5 Å². The molecule has 0 bridgehead atoms. The fourth-order valence-electron chi connectivity index (χ4n) is 1.64. The Morgan fingerprint density at radius 1 is 1.10 bits per heavy atom. The van der Waals surface area contributed by atoms with Gasteiger partial charge >= 0.3 is 0 Å². The zero-order valence-corrected chi connectivity index (χ0v) is 13.4. The highest BCUT2D eigenvalue weighted by atomic mass is 35.5. The summed E-state index contributed by atoms with van der Waals surface area (Å²) in [6.07, 6.45) is 0. The molecule has 1 N–H and O–H groups in total. The smallest absolute Gasteiger partial charge is 0.262 e. The first-order chi connectivity index (χ1) is 9.95. The molecule has 2 aromatic rings. The Kier molecular flexibility index (Phi) is 5.34. The molecule has 21 heavy (non-hydrogen) atoms. The number of nitrogens with one attached hydrogen (secondary N) is 1. The molecule has 0 saturated heterocycles. The highest BCUT2D eigenvalue weighted by Crippen LogP contribution is 2.26. The van der Waals surface area contributed by atoms with Gasteiger partial charge in [-0.05, 0) is 42.8 Å². The first-order valence-electron chi connectivity index (χ1n) is 6.09. The van der Waals surface area contributed by atoms with Crippen molar-refractivity contribution in [1.29, 1.82) is 0 Å². The van der Waals surface area contributed by atoms with Gasteiger partial charge in [0.25, 0.3) is 5.91 Å². The molecule has 0 spiro atoms. The molecule has 0 aliphatic rings. The van der Waals surface area contributed by atoms with E-state index in [1.807, 2.05) is 13.0 Å². The van der Waals surface area contributed by atoms with Gasteiger partial charge in [-0.25, -0.2) is 0 Å². The van der Waals surface area contributed by atoms with Gasteiger partial charge in [-0.3, -0.25) is 4.79 Å². The summed E-state index contributed by atoms with van der Waals surface area (Å²) in [5, 5.41) is 3.97. The Balaban J connectivity index is 1.99. The zero-order valence-electron chi connectivity index (χ0n) is 11.1. The summed E-state index contributed by atoms with van der Waals surface area (Å²) in [5.74, 6) is 0.112. The van der Waals surface area contributed by atoms with Crippen LogP contribution in [0.3, 0.4) is 0 Å². The van der Waals surface area contributed by atoms with Crippen molar-refractivity contribution in [2.24, 2.45) is 0 Å². The lowest BCUT2D eigenvalue weighted by Gasteiger charge is -2.10. The third-order valence-corrected chi connectivity index (χ3v) is 3.52. The summed E-state index contributed by atoms with van der Waals surface area (Å²) in [5.41, 5.74) is 1.43. The van der Waals surface area contributed by atoms with Gasteiger partial charge in [0.1, 0.15) is 5.75 Å². The first kappa shape index (κ1) is 16.0. The van der Waals surface area contributed by atoms with Crippen LogP contribution in [0.2, 0.25) is 15.1 Å². The number of carbonyl (C=O) groups is 1. The Morgan fingerprint density at radius 2 is 1.81 bits per heavy atom. The fourth-order valence-corrected chi connectivity index (χ4v) is 2.15. The average molecular weight is 345 g/mol. The quantitative estimate of drug-likeness (QED) is 0.850. The summed E-state index contributed by atoms with van der Waals surface area (Å²) < 4.78 is 5.40. The van der Waals surface area contributed by atoms with Crippen LogP contribution in [0.4, 0.5) is 5.69 Å². The molecule has 0 aliphatic carbocycles. The van der Waals surface area contributed by atoms with Crippen molar-refractivity contribution in [3.8, 4) is 5.75 Å². The predicted molar refractivity (Wildman–Crippen MR) is 86.8 cm³/mol. The number of aryl methyl sites for hydroxylation is 1. The van der Waals surface area contributed by atoms with Crippen LogP contribution in [0.15, 0.2) is 36.4 Å². The number of ether oxygens (including phenoxy) is 1. The molecule has 110 valence electrons. The molecule has 2 aromatic carbocycles. The van der Waals surface area contributed by atoms with Crippen molar-refractivity contribution >= 4 is 46.4 Å². The van der Waals surface area contributed by atoms with Crippen LogP contribution < -0.4 is 10.1 Å². The number of benzene rings is 2. The molecule has 0 heterocycles. The Morgan fingerprint density at radius 3 is 2.57 bits per heavy atom. The molecule has 0 unspecified atom stereocenters. The summed E-state index contributed by atoms with van der Waals surface area (Å²) in [6, 6.07) is 10.2. The minimum atomic E-state index is -0.350. The maximum absolute atomic E-state index is 11.9. The second-order valence-corrected chi connectivity index (χ2v) is 5.65. The average Bonchev–Trinajstić information content (AvgIpc) is 2.44. The van der Waals surface area contributed by atoms with Gasteiger partial charge in [-0.2, -0.15) is 0 Å². The van der Waals surface area contributed by atoms with Crippen LogP contribution in [-0.2, 0) is 4.79 Å². The topological polar surface area (TPSA) is 38.3 Å². The molecule has 0 radical (unpaired) electrons. The minimum absolute atomic E-state index is 0.175.